The molecule has 0 heterocycles. The van der Waals surface area contributed by atoms with E-state index in [0.29, 0.717) is 0 Å². The zero-order valence-electron chi connectivity index (χ0n) is 10.3. The molecule has 0 fully saturated rings. The van der Waals surface area contributed by atoms with Gasteiger partial charge in [-0.2, -0.15) is 0 Å². The van der Waals surface area contributed by atoms with Crippen LogP contribution in [0.25, 0.3) is 0 Å². The van der Waals surface area contributed by atoms with E-state index in [9.17, 15) is 4.79 Å². The number of amides is 1. The van der Waals surface area contributed by atoms with E-state index in [1.165, 1.54) is 0 Å². The normalized spacial score (nSPS) is 11.9. The molecule has 0 saturated heterocycles. The number of hydrogen-bond acceptors (Lipinski definition) is 2. The van der Waals surface area contributed by atoms with Crippen molar-refractivity contribution in [2.75, 3.05) is 0 Å². The summed E-state index contributed by atoms with van der Waals surface area (Å²) in [7, 11) is 0. The van der Waals surface area contributed by atoms with Crippen LogP contribution in [0, 0.1) is 0 Å². The predicted octanol–water partition coefficient (Wildman–Crippen LogP) is 2.92. The van der Waals surface area contributed by atoms with Gasteiger partial charge in [0.15, 0.2) is 0 Å². The summed E-state index contributed by atoms with van der Waals surface area (Å²) in [4.78, 5) is 11.4. The molecule has 1 aromatic carbocycles. The molecule has 17 heavy (non-hydrogen) atoms. The van der Waals surface area contributed by atoms with Crippen molar-refractivity contribution in [2.45, 2.75) is 32.4 Å². The smallest absolute Gasteiger partial charge is 0.407 e. The molecule has 0 unspecified atom stereocenters. The Morgan fingerprint density at radius 2 is 2.06 bits per heavy atom. The lowest BCUT2D eigenvalue weighted by atomic mass is 10.1. The highest BCUT2D eigenvalue weighted by Gasteiger charge is 2.11. The Bertz CT molecular complexity index is 360. The second-order valence-corrected chi connectivity index (χ2v) is 4.13. The molecular weight excluding hydrogens is 214 g/mol. The molecule has 0 spiro atoms. The maximum absolute atomic E-state index is 11.4. The largest absolute Gasteiger partial charge is 0.447 e. The third kappa shape index (κ3) is 5.20. The van der Waals surface area contributed by atoms with Gasteiger partial charge in [-0.1, -0.05) is 36.4 Å². The number of rotatable bonds is 5. The van der Waals surface area contributed by atoms with E-state index in [0.717, 1.165) is 12.0 Å². The van der Waals surface area contributed by atoms with Gasteiger partial charge >= 0.3 is 6.09 Å². The van der Waals surface area contributed by atoms with Crippen LogP contribution in [0.4, 0.5) is 4.79 Å². The van der Waals surface area contributed by atoms with E-state index in [1.54, 1.807) is 6.08 Å². The molecule has 0 radical (unpaired) electrons. The highest BCUT2D eigenvalue weighted by molar-refractivity contribution is 5.68. The molecule has 1 rings (SSSR count). The Kier molecular flexibility index (Phi) is 5.27. The molecule has 1 atom stereocenters. The average Bonchev–Trinajstić information content (AvgIpc) is 2.28. The van der Waals surface area contributed by atoms with Crippen LogP contribution >= 0.6 is 0 Å². The summed E-state index contributed by atoms with van der Waals surface area (Å²) in [5.74, 6) is 0. The Labute approximate surface area is 102 Å². The Hall–Kier alpha value is -1.77. The molecule has 3 nitrogen and oxygen atoms in total. The lowest BCUT2D eigenvalue weighted by Crippen LogP contribution is -2.36. The van der Waals surface area contributed by atoms with Crippen molar-refractivity contribution in [3.05, 3.63) is 48.6 Å². The molecule has 0 aromatic heterocycles. The molecule has 0 aliphatic carbocycles. The van der Waals surface area contributed by atoms with Crippen molar-refractivity contribution in [1.82, 2.24) is 5.32 Å². The zero-order chi connectivity index (χ0) is 12.7. The minimum Gasteiger partial charge on any atom is -0.447 e. The summed E-state index contributed by atoms with van der Waals surface area (Å²) < 4.78 is 5.02. The van der Waals surface area contributed by atoms with Crippen LogP contribution in [0.5, 0.6) is 0 Å². The van der Waals surface area contributed by atoms with Gasteiger partial charge in [0.2, 0.25) is 0 Å². The van der Waals surface area contributed by atoms with E-state index >= 15 is 0 Å². The Morgan fingerprint density at radius 3 is 2.59 bits per heavy atom. The van der Waals surface area contributed by atoms with Crippen molar-refractivity contribution in [3.63, 3.8) is 0 Å². The van der Waals surface area contributed by atoms with Gasteiger partial charge in [0.1, 0.15) is 0 Å². The summed E-state index contributed by atoms with van der Waals surface area (Å²) in [6.45, 7) is 7.36. The third-order valence-corrected chi connectivity index (χ3v) is 2.23. The van der Waals surface area contributed by atoms with Gasteiger partial charge in [-0.15, -0.1) is 6.58 Å². The fraction of sp³-hybridized carbons (Fsp3) is 0.357. The number of alkyl carbamates (subject to hydrolysis) is 1. The average molecular weight is 233 g/mol. The molecule has 1 aromatic rings. The maximum atomic E-state index is 11.4. The molecular formula is C14H19NO2. The molecule has 0 aliphatic heterocycles. The van der Waals surface area contributed by atoms with E-state index < -0.39 is 6.09 Å². The lowest BCUT2D eigenvalue weighted by Gasteiger charge is -2.16. The predicted molar refractivity (Wildman–Crippen MR) is 68.9 cm³/mol. The fourth-order valence-corrected chi connectivity index (χ4v) is 1.46. The molecule has 0 bridgehead atoms. The first-order valence-electron chi connectivity index (χ1n) is 5.75. The highest BCUT2D eigenvalue weighted by atomic mass is 16.6. The van der Waals surface area contributed by atoms with Crippen molar-refractivity contribution in [3.8, 4) is 0 Å². The van der Waals surface area contributed by atoms with Gasteiger partial charge in [0.25, 0.3) is 0 Å². The van der Waals surface area contributed by atoms with E-state index in [4.69, 9.17) is 4.74 Å². The first-order valence-corrected chi connectivity index (χ1v) is 5.75. The van der Waals surface area contributed by atoms with Crippen LogP contribution in [0.15, 0.2) is 43.0 Å². The maximum Gasteiger partial charge on any atom is 0.407 e. The molecule has 3 heteroatoms. The fourth-order valence-electron chi connectivity index (χ4n) is 1.46. The van der Waals surface area contributed by atoms with Gasteiger partial charge in [0.05, 0.1) is 12.1 Å². The second-order valence-electron chi connectivity index (χ2n) is 4.13. The van der Waals surface area contributed by atoms with Gasteiger partial charge in [-0.05, 0) is 25.8 Å². The lowest BCUT2D eigenvalue weighted by molar-refractivity contribution is 0.114. The van der Waals surface area contributed by atoms with Crippen LogP contribution in [-0.2, 0) is 11.2 Å². The van der Waals surface area contributed by atoms with Crippen LogP contribution in [0.1, 0.15) is 19.4 Å². The monoisotopic (exact) mass is 233 g/mol. The zero-order valence-corrected chi connectivity index (χ0v) is 10.3. The first-order chi connectivity index (χ1) is 8.11. The highest BCUT2D eigenvalue weighted by Crippen LogP contribution is 2.04. The number of ether oxygens (including phenoxy) is 1. The number of nitrogens with one attached hydrogen (secondary N) is 1. The molecule has 92 valence electrons. The third-order valence-electron chi connectivity index (χ3n) is 2.23. The van der Waals surface area contributed by atoms with Crippen molar-refractivity contribution in [2.24, 2.45) is 0 Å². The number of benzene rings is 1. The van der Waals surface area contributed by atoms with Crippen LogP contribution in [0.3, 0.4) is 0 Å². The van der Waals surface area contributed by atoms with Gasteiger partial charge in [-0.3, -0.25) is 0 Å². The summed E-state index contributed by atoms with van der Waals surface area (Å²) in [5, 5.41) is 2.77. The summed E-state index contributed by atoms with van der Waals surface area (Å²) >= 11 is 0. The van der Waals surface area contributed by atoms with Crippen LogP contribution < -0.4 is 5.32 Å². The molecule has 0 aliphatic rings. The van der Waals surface area contributed by atoms with Gasteiger partial charge in [0, 0.05) is 0 Å². The molecule has 0 saturated carbocycles. The quantitative estimate of drug-likeness (QED) is 0.794. The van der Waals surface area contributed by atoms with Gasteiger partial charge < -0.3 is 10.1 Å². The van der Waals surface area contributed by atoms with Crippen molar-refractivity contribution in [1.29, 1.82) is 0 Å². The Balaban J connectivity index is 2.49. The summed E-state index contributed by atoms with van der Waals surface area (Å²) in [6.07, 6.45) is 1.92. The number of carbonyl (C=O) groups excluding carboxylic acids is 1. The topological polar surface area (TPSA) is 38.3 Å². The minimum atomic E-state index is -0.402. The van der Waals surface area contributed by atoms with Gasteiger partial charge in [-0.25, -0.2) is 4.79 Å². The minimum absolute atomic E-state index is 0.108. The standard InChI is InChI=1S/C14H19NO2/c1-4-13(15-14(16)17-11(2)3)10-12-8-6-5-7-9-12/h4-9,11,13H,1,10H2,2-3H3,(H,15,16)/t13-/m1/s1. The van der Waals surface area contributed by atoms with E-state index in [1.807, 2.05) is 44.2 Å². The van der Waals surface area contributed by atoms with E-state index in [-0.39, 0.29) is 12.1 Å². The summed E-state index contributed by atoms with van der Waals surface area (Å²) in [5.41, 5.74) is 1.15. The second kappa shape index (κ2) is 6.74. The van der Waals surface area contributed by atoms with Crippen LogP contribution in [-0.4, -0.2) is 18.2 Å². The van der Waals surface area contributed by atoms with E-state index in [2.05, 4.69) is 11.9 Å². The molecule has 1 amide bonds. The SMILES string of the molecule is C=C[C@H](Cc1ccccc1)NC(=O)OC(C)C. The number of carbonyl (C=O) groups is 1. The first kappa shape index (κ1) is 13.3. The molecule has 1 N–H and O–H groups in total. The van der Waals surface area contributed by atoms with Crippen molar-refractivity contribution >= 4 is 6.09 Å². The number of hydrogen-bond donors (Lipinski definition) is 1. The van der Waals surface area contributed by atoms with Crippen LogP contribution in [0.2, 0.25) is 0 Å². The summed E-state index contributed by atoms with van der Waals surface area (Å²) in [6, 6.07) is 9.85. The Morgan fingerprint density at radius 1 is 1.41 bits per heavy atom. The van der Waals surface area contributed by atoms with Crippen molar-refractivity contribution < 1.29 is 9.53 Å².